The van der Waals surface area contributed by atoms with Crippen molar-refractivity contribution in [2.45, 2.75) is 249 Å². The Morgan fingerprint density at radius 1 is 0.465 bits per heavy atom. The molecule has 31 N–H and O–H groups in total. The molecule has 1 saturated heterocycles. The molecular weight excluding hydrogens is 1670 g/mol. The van der Waals surface area contributed by atoms with Crippen LogP contribution in [-0.2, 0) is 113 Å². The van der Waals surface area contributed by atoms with Gasteiger partial charge in [0, 0.05) is 13.5 Å². The van der Waals surface area contributed by atoms with Crippen molar-refractivity contribution in [1.29, 1.82) is 0 Å². The van der Waals surface area contributed by atoms with E-state index in [0.717, 1.165) is 25.7 Å². The fourth-order valence-corrected chi connectivity index (χ4v) is 12.5. The van der Waals surface area contributed by atoms with Crippen LogP contribution in [0.2, 0.25) is 0 Å². The predicted octanol–water partition coefficient (Wildman–Crippen LogP) is -10.3. The molecule has 2 aromatic rings. The number of aliphatic hydroxyl groups is 4. The summed E-state index contributed by atoms with van der Waals surface area (Å²) in [5, 5.41) is 84.0. The third-order valence-corrected chi connectivity index (χ3v) is 19.6. The van der Waals surface area contributed by atoms with E-state index in [1.54, 1.807) is 84.0 Å². The van der Waals surface area contributed by atoms with Crippen LogP contribution in [0, 0.1) is 17.8 Å². The highest BCUT2D eigenvalue weighted by atomic mass is 16.7. The van der Waals surface area contributed by atoms with Gasteiger partial charge in [0.15, 0.2) is 6.29 Å². The molecular formula is C80H127N21O26. The SMILES string of the molecule is CC(C)C[C@H](NC(=O)[C@H](CO[C@@H]1O[C@H](CO)[C@@H](O)[C@H](O)[C@H]1O)NC(=O)[C@H](CCCCN)NC(=O)[C@H](CC(C)C)NC(=O)[C@H](C)NC(=O)[C@H](CC(N)=O)NC(=O)[C@H](CC(N)=O)NC(=O)C(C)(C)NC(=O)[C@H](CC(C)C)NC(=O)[C@H](CC(N)=O)NC(=O)CNC(=O)CNC(=O)[C@H](Cc1ccccc1)N(C)C(=O)CNC(=O)[C@@H](C)NC(=O)[C@@H](N)Cc1ccc(O)cc1)C(N)=O. The second-order valence-corrected chi connectivity index (χ2v) is 32.6. The lowest BCUT2D eigenvalue weighted by atomic mass is 9.98. The van der Waals surface area contributed by atoms with E-state index in [4.69, 9.17) is 43.9 Å². The Morgan fingerprint density at radius 3 is 1.45 bits per heavy atom. The fourth-order valence-electron chi connectivity index (χ4n) is 12.5. The quantitative estimate of drug-likeness (QED) is 0.0274. The highest BCUT2D eigenvalue weighted by molar-refractivity contribution is 6.02. The van der Waals surface area contributed by atoms with Crippen molar-refractivity contribution in [3.05, 3.63) is 65.7 Å². The largest absolute Gasteiger partial charge is 0.508 e. The van der Waals surface area contributed by atoms with E-state index in [1.807, 2.05) is 0 Å². The zero-order valence-electron chi connectivity index (χ0n) is 73.0. The van der Waals surface area contributed by atoms with Gasteiger partial charge in [0.1, 0.15) is 102 Å². The van der Waals surface area contributed by atoms with Crippen LogP contribution in [0.4, 0.5) is 0 Å². The zero-order chi connectivity index (χ0) is 96.0. The van der Waals surface area contributed by atoms with Gasteiger partial charge in [-0.15, -0.1) is 0 Å². The van der Waals surface area contributed by atoms with Gasteiger partial charge in [-0.3, -0.25) is 91.1 Å². The van der Waals surface area contributed by atoms with Crippen molar-refractivity contribution in [2.75, 3.05) is 46.4 Å². The molecule has 1 fully saturated rings. The molecule has 47 nitrogen and oxygen atoms in total. The van der Waals surface area contributed by atoms with E-state index in [0.29, 0.717) is 17.5 Å². The molecule has 1 aliphatic heterocycles. The number of amides is 19. The van der Waals surface area contributed by atoms with Gasteiger partial charge in [-0.25, -0.2) is 0 Å². The van der Waals surface area contributed by atoms with Crippen molar-refractivity contribution in [2.24, 2.45) is 52.2 Å². The number of carbonyl (C=O) groups is 19. The van der Waals surface area contributed by atoms with Gasteiger partial charge in [-0.2, -0.15) is 0 Å². The molecule has 0 bridgehead atoms. The maximum atomic E-state index is 14.3. The van der Waals surface area contributed by atoms with Gasteiger partial charge in [0.05, 0.1) is 58.2 Å². The predicted molar refractivity (Wildman–Crippen MR) is 450 cm³/mol. The van der Waals surface area contributed by atoms with E-state index in [2.05, 4.69) is 74.4 Å². The van der Waals surface area contributed by atoms with E-state index in [1.165, 1.54) is 26.1 Å². The summed E-state index contributed by atoms with van der Waals surface area (Å²) in [5.41, 5.74) is 32.9. The first-order valence-corrected chi connectivity index (χ1v) is 41.2. The van der Waals surface area contributed by atoms with Crippen LogP contribution in [0.5, 0.6) is 5.75 Å². The number of benzene rings is 2. The number of unbranched alkanes of at least 4 members (excludes halogenated alkanes) is 1. The standard InChI is InChI=1S/C80H127N21O26/c1-38(2)25-48(66(86)113)94-75(122)54(37-126-78-65(112)64(111)63(110)56(36-102)127-78)98-70(117)47(19-15-16-24-81)93-72(119)49(26-39(3)4)95-68(115)42(8)91-71(118)52(31-58(84)105)97-74(121)53(32-59(85)106)99-79(125)80(9,10)100-76(123)50(27-40(5)6)96-73(120)51(30-57(83)104)92-61(108)34-87-60(107)33-88-77(124)55(29-43-17-13-12-14-18-43)101(11)62(109)35-89-67(114)41(7)90-69(116)46(82)28-44-20-22-45(103)23-21-44/h12-14,17-18,20-23,38-42,46-56,63-65,78,102-103,110-112H,15-16,19,24-37,81-82H2,1-11H3,(H2,83,104)(H2,84,105)(H2,85,106)(H2,86,113)(H,87,107)(H,88,124)(H,89,114)(H,90,116)(H,91,118)(H,92,108)(H,93,119)(H,94,122)(H,95,115)(H,96,120)(H,97,121)(H,98,117)(H,99,125)(H,100,123)/t41-,42+,46+,47+,48+,49+,50+,51+,52+,53+,54+,55+,56-,63-,64+,65-,78-/m1/s1. The summed E-state index contributed by atoms with van der Waals surface area (Å²) in [7, 11) is 1.28. The Hall–Kier alpha value is -12.2. The first-order chi connectivity index (χ1) is 59.4. The average molecular weight is 1800 g/mol. The molecule has 1 aliphatic rings. The topological polar surface area (TPSA) is 772 Å². The first-order valence-electron chi connectivity index (χ1n) is 41.2. The number of hydrogen-bond donors (Lipinski definition) is 25. The Bertz CT molecular complexity index is 4120. The lowest BCUT2D eigenvalue weighted by molar-refractivity contribution is -0.301. The second kappa shape index (κ2) is 53.4. The molecule has 0 unspecified atom stereocenters. The minimum Gasteiger partial charge on any atom is -0.508 e. The number of likely N-dealkylation sites (N-methyl/N-ethyl adjacent to an activating group) is 1. The molecule has 17 atom stereocenters. The molecule has 127 heavy (non-hydrogen) atoms. The summed E-state index contributed by atoms with van der Waals surface area (Å²) in [5.74, 6) is -20.8. The van der Waals surface area contributed by atoms with E-state index in [9.17, 15) is 117 Å². The Morgan fingerprint density at radius 2 is 0.906 bits per heavy atom. The van der Waals surface area contributed by atoms with Crippen molar-refractivity contribution in [3.63, 3.8) is 0 Å². The molecule has 0 radical (unpaired) electrons. The number of aliphatic hydroxyl groups excluding tert-OH is 4. The Kier molecular flexibility index (Phi) is 45.8. The van der Waals surface area contributed by atoms with E-state index >= 15 is 0 Å². The molecule has 2 aromatic carbocycles. The van der Waals surface area contributed by atoms with E-state index < -0.39 is 279 Å². The number of aromatic hydroxyl groups is 1. The summed E-state index contributed by atoms with van der Waals surface area (Å²) in [4.78, 5) is 258. The molecule has 0 aromatic heterocycles. The monoisotopic (exact) mass is 1800 g/mol. The van der Waals surface area contributed by atoms with Crippen molar-refractivity contribution in [1.82, 2.24) is 79.3 Å². The van der Waals surface area contributed by atoms with Crippen molar-refractivity contribution >= 4 is 112 Å². The average Bonchev–Trinajstić information content (AvgIpc) is 0.819. The second-order valence-electron chi connectivity index (χ2n) is 32.6. The summed E-state index contributed by atoms with van der Waals surface area (Å²) < 4.78 is 11.0. The molecule has 0 spiro atoms. The van der Waals surface area contributed by atoms with E-state index in [-0.39, 0.29) is 69.1 Å². The maximum absolute atomic E-state index is 14.3. The summed E-state index contributed by atoms with van der Waals surface area (Å²) in [6.45, 7) is 10.9. The summed E-state index contributed by atoms with van der Waals surface area (Å²) in [6.07, 6.45) is -11.7. The number of nitrogens with one attached hydrogen (secondary N) is 14. The van der Waals surface area contributed by atoms with Gasteiger partial charge in [-0.1, -0.05) is 84.0 Å². The lowest BCUT2D eigenvalue weighted by Crippen LogP contribution is -2.63. The van der Waals surface area contributed by atoms with Gasteiger partial charge < -0.3 is 149 Å². The zero-order valence-corrected chi connectivity index (χ0v) is 73.0. The maximum Gasteiger partial charge on any atom is 0.245 e. The first kappa shape index (κ1) is 109. The third kappa shape index (κ3) is 38.7. The lowest BCUT2D eigenvalue weighted by Gasteiger charge is -2.40. The number of hydrogen-bond acceptors (Lipinski definition) is 28. The van der Waals surface area contributed by atoms with Crippen LogP contribution in [0.3, 0.4) is 0 Å². The van der Waals surface area contributed by atoms with Crippen LogP contribution in [-0.4, -0.2) is 298 Å². The number of phenols is 1. The molecule has 1 heterocycles. The van der Waals surface area contributed by atoms with Crippen LogP contribution >= 0.6 is 0 Å². The van der Waals surface area contributed by atoms with Crippen LogP contribution in [0.15, 0.2) is 54.6 Å². The molecule has 3 rings (SSSR count). The summed E-state index contributed by atoms with van der Waals surface area (Å²) in [6, 6.07) is -4.26. The van der Waals surface area contributed by atoms with Gasteiger partial charge >= 0.3 is 0 Å². The molecule has 708 valence electrons. The van der Waals surface area contributed by atoms with Crippen LogP contribution in [0.25, 0.3) is 0 Å². The molecule has 19 amide bonds. The minimum absolute atomic E-state index is 0.0120. The minimum atomic E-state index is -2.10. The highest BCUT2D eigenvalue weighted by Crippen LogP contribution is 2.23. The number of phenolic OH excluding ortho intramolecular Hbond substituents is 1. The van der Waals surface area contributed by atoms with Crippen molar-refractivity contribution < 1.29 is 126 Å². The number of rotatable bonds is 55. The van der Waals surface area contributed by atoms with Gasteiger partial charge in [0.2, 0.25) is 112 Å². The van der Waals surface area contributed by atoms with Gasteiger partial charge in [0.25, 0.3) is 0 Å². The number of nitrogens with two attached hydrogens (primary N) is 6. The normalized spacial score (nSPS) is 17.7. The van der Waals surface area contributed by atoms with Gasteiger partial charge in [-0.05, 0) is 120 Å². The smallest absolute Gasteiger partial charge is 0.245 e. The number of ether oxygens (including phenoxy) is 2. The Labute approximate surface area is 733 Å². The van der Waals surface area contributed by atoms with Crippen LogP contribution < -0.4 is 109 Å². The van der Waals surface area contributed by atoms with Crippen molar-refractivity contribution in [3.8, 4) is 5.75 Å². The summed E-state index contributed by atoms with van der Waals surface area (Å²) >= 11 is 0. The Balaban J connectivity index is 1.74. The molecule has 0 saturated carbocycles. The molecule has 0 aliphatic carbocycles. The van der Waals surface area contributed by atoms with Crippen LogP contribution in [0.1, 0.15) is 138 Å². The molecule has 47 heteroatoms. The number of primary amides is 4. The number of carbonyl (C=O) groups excluding carboxylic acids is 19. The third-order valence-electron chi connectivity index (χ3n) is 19.6. The highest BCUT2D eigenvalue weighted by Gasteiger charge is 2.46. The number of nitrogens with zero attached hydrogens (tertiary/aromatic N) is 1. The fraction of sp³-hybridized carbons (Fsp3) is 0.613.